The molecule has 2 N–H and O–H groups in total. The molecule has 2 aromatic rings. The number of sulfonamides is 1. The molecule has 0 bridgehead atoms. The Balaban J connectivity index is 1.67. The molecule has 3 rings (SSSR count). The van der Waals surface area contributed by atoms with E-state index >= 15 is 0 Å². The van der Waals surface area contributed by atoms with Crippen LogP contribution in [0.3, 0.4) is 0 Å². The summed E-state index contributed by atoms with van der Waals surface area (Å²) in [7, 11) is -3.95. The van der Waals surface area contributed by atoms with Crippen LogP contribution in [0.1, 0.15) is 30.0 Å². The van der Waals surface area contributed by atoms with E-state index in [-0.39, 0.29) is 22.4 Å². The molecule has 1 amide bonds. The lowest BCUT2D eigenvalue weighted by molar-refractivity contribution is -0.122. The van der Waals surface area contributed by atoms with Crippen molar-refractivity contribution in [2.45, 2.75) is 37.8 Å². The normalized spacial score (nSPS) is 17.3. The summed E-state index contributed by atoms with van der Waals surface area (Å²) >= 11 is 6.02. The molecule has 1 saturated heterocycles. The third-order valence-corrected chi connectivity index (χ3v) is 7.21. The van der Waals surface area contributed by atoms with Gasteiger partial charge in [0, 0.05) is 24.7 Å². The SMILES string of the molecule is Cc1noc(C)c1S(=O)(=O)N[C@@H](C)C(=O)NCC(c1ccc(Cl)cc1)N1CCOCC1. The van der Waals surface area contributed by atoms with Gasteiger partial charge in [0.2, 0.25) is 15.9 Å². The molecule has 1 unspecified atom stereocenters. The molecular formula is C20H27ClN4O5S. The van der Waals surface area contributed by atoms with Crippen LogP contribution in [0.4, 0.5) is 0 Å². The number of rotatable bonds is 8. The molecule has 9 nitrogen and oxygen atoms in total. The molecule has 0 aliphatic carbocycles. The fourth-order valence-electron chi connectivity index (χ4n) is 3.59. The minimum atomic E-state index is -3.95. The Morgan fingerprint density at radius 2 is 1.87 bits per heavy atom. The van der Waals surface area contributed by atoms with Crippen molar-refractivity contribution in [3.63, 3.8) is 0 Å². The smallest absolute Gasteiger partial charge is 0.246 e. The van der Waals surface area contributed by atoms with Crippen LogP contribution in [0.5, 0.6) is 0 Å². The van der Waals surface area contributed by atoms with Gasteiger partial charge in [0.25, 0.3) is 0 Å². The second kappa shape index (κ2) is 10.1. The summed E-state index contributed by atoms with van der Waals surface area (Å²) in [6, 6.07) is 6.42. The Bertz CT molecular complexity index is 984. The third kappa shape index (κ3) is 5.83. The Morgan fingerprint density at radius 1 is 1.23 bits per heavy atom. The Morgan fingerprint density at radius 3 is 2.45 bits per heavy atom. The van der Waals surface area contributed by atoms with Gasteiger partial charge in [-0.3, -0.25) is 9.69 Å². The molecule has 0 spiro atoms. The van der Waals surface area contributed by atoms with E-state index in [2.05, 4.69) is 20.1 Å². The number of carbonyl (C=O) groups excluding carboxylic acids is 1. The molecule has 1 aromatic heterocycles. The van der Waals surface area contributed by atoms with E-state index in [0.717, 1.165) is 18.7 Å². The van der Waals surface area contributed by atoms with Gasteiger partial charge in [0.1, 0.15) is 10.6 Å². The molecular weight excluding hydrogens is 444 g/mol. The monoisotopic (exact) mass is 470 g/mol. The summed E-state index contributed by atoms with van der Waals surface area (Å²) < 4.78 is 38.1. The summed E-state index contributed by atoms with van der Waals surface area (Å²) in [5, 5.41) is 7.17. The van der Waals surface area contributed by atoms with E-state index in [9.17, 15) is 13.2 Å². The molecule has 1 aromatic carbocycles. The number of nitrogens with one attached hydrogen (secondary N) is 2. The maximum Gasteiger partial charge on any atom is 0.246 e. The minimum absolute atomic E-state index is 0.0421. The van der Waals surface area contributed by atoms with E-state index in [1.54, 1.807) is 0 Å². The van der Waals surface area contributed by atoms with E-state index in [1.807, 2.05) is 24.3 Å². The van der Waals surface area contributed by atoms with Crippen LogP contribution in [0.25, 0.3) is 0 Å². The van der Waals surface area contributed by atoms with E-state index in [1.165, 1.54) is 20.8 Å². The number of ether oxygens (including phenoxy) is 1. The Kier molecular flexibility index (Phi) is 7.71. The van der Waals surface area contributed by atoms with Gasteiger partial charge in [0.05, 0.1) is 25.3 Å². The highest BCUT2D eigenvalue weighted by Gasteiger charge is 2.29. The summed E-state index contributed by atoms with van der Waals surface area (Å²) in [4.78, 5) is 14.9. The van der Waals surface area contributed by atoms with E-state index in [0.29, 0.717) is 24.8 Å². The maximum atomic E-state index is 12.7. The zero-order valence-electron chi connectivity index (χ0n) is 17.7. The number of carbonyl (C=O) groups is 1. The third-order valence-electron chi connectivity index (χ3n) is 5.17. The first kappa shape index (κ1) is 23.7. The van der Waals surface area contributed by atoms with Gasteiger partial charge in [-0.15, -0.1) is 0 Å². The lowest BCUT2D eigenvalue weighted by Crippen LogP contribution is -2.48. The van der Waals surface area contributed by atoms with Crippen molar-refractivity contribution < 1.29 is 22.5 Å². The van der Waals surface area contributed by atoms with Crippen LogP contribution >= 0.6 is 11.6 Å². The second-order valence-electron chi connectivity index (χ2n) is 7.46. The molecule has 11 heteroatoms. The van der Waals surface area contributed by atoms with Crippen LogP contribution in [-0.4, -0.2) is 63.3 Å². The second-order valence-corrected chi connectivity index (χ2v) is 9.54. The number of aryl methyl sites for hydroxylation is 2. The average molecular weight is 471 g/mol. The summed E-state index contributed by atoms with van der Waals surface area (Å²) in [6.07, 6.45) is 0. The topological polar surface area (TPSA) is 114 Å². The number of aromatic nitrogens is 1. The van der Waals surface area contributed by atoms with Crippen molar-refractivity contribution in [1.29, 1.82) is 0 Å². The van der Waals surface area contributed by atoms with Crippen molar-refractivity contribution in [2.75, 3.05) is 32.8 Å². The highest BCUT2D eigenvalue weighted by atomic mass is 35.5. The highest BCUT2D eigenvalue weighted by Crippen LogP contribution is 2.23. The molecule has 1 fully saturated rings. The fourth-order valence-corrected chi connectivity index (χ4v) is 5.24. The molecule has 1 aliphatic heterocycles. The maximum absolute atomic E-state index is 12.7. The van der Waals surface area contributed by atoms with Gasteiger partial charge in [-0.05, 0) is 38.5 Å². The largest absolute Gasteiger partial charge is 0.379 e. The van der Waals surface area contributed by atoms with Gasteiger partial charge in [0.15, 0.2) is 5.76 Å². The lowest BCUT2D eigenvalue weighted by atomic mass is 10.0. The number of amides is 1. The van der Waals surface area contributed by atoms with Crippen molar-refractivity contribution in [3.05, 3.63) is 46.3 Å². The molecule has 31 heavy (non-hydrogen) atoms. The predicted octanol–water partition coefficient (Wildman–Crippen LogP) is 1.80. The van der Waals surface area contributed by atoms with Crippen LogP contribution in [0, 0.1) is 13.8 Å². The van der Waals surface area contributed by atoms with Crippen LogP contribution in [0.15, 0.2) is 33.7 Å². The number of morpholine rings is 1. The van der Waals surface area contributed by atoms with Gasteiger partial charge in [-0.1, -0.05) is 28.9 Å². The summed E-state index contributed by atoms with van der Waals surface area (Å²) in [5.74, 6) is -0.254. The minimum Gasteiger partial charge on any atom is -0.379 e. The highest BCUT2D eigenvalue weighted by molar-refractivity contribution is 7.89. The van der Waals surface area contributed by atoms with Gasteiger partial charge in [-0.2, -0.15) is 4.72 Å². The molecule has 170 valence electrons. The number of hydrogen-bond acceptors (Lipinski definition) is 7. The number of halogens is 1. The van der Waals surface area contributed by atoms with Crippen molar-refractivity contribution in [2.24, 2.45) is 0 Å². The molecule has 2 atom stereocenters. The molecule has 1 aliphatic rings. The van der Waals surface area contributed by atoms with Crippen LogP contribution in [-0.2, 0) is 19.6 Å². The predicted molar refractivity (Wildman–Crippen MR) is 115 cm³/mol. The van der Waals surface area contributed by atoms with Crippen molar-refractivity contribution in [3.8, 4) is 0 Å². The van der Waals surface area contributed by atoms with Gasteiger partial charge < -0.3 is 14.6 Å². The van der Waals surface area contributed by atoms with Gasteiger partial charge in [-0.25, -0.2) is 8.42 Å². The number of nitrogens with zero attached hydrogens (tertiary/aromatic N) is 2. The summed E-state index contributed by atoms with van der Waals surface area (Å²) in [6.45, 7) is 7.56. The molecule has 2 heterocycles. The Labute approximate surface area is 187 Å². The zero-order valence-corrected chi connectivity index (χ0v) is 19.3. The first-order valence-corrected chi connectivity index (χ1v) is 11.9. The first-order valence-electron chi connectivity index (χ1n) is 9.99. The van der Waals surface area contributed by atoms with E-state index < -0.39 is 22.0 Å². The number of benzene rings is 1. The number of hydrogen-bond donors (Lipinski definition) is 2. The molecule has 0 saturated carbocycles. The standard InChI is InChI=1S/C20H27ClN4O5S/c1-13-19(15(3)30-23-13)31(27,28)24-14(2)20(26)22-12-18(25-8-10-29-11-9-25)16-4-6-17(21)7-5-16/h4-7,14,18,24H,8-12H2,1-3H3,(H,22,26)/t14-,18?/m0/s1. The average Bonchev–Trinajstić information content (AvgIpc) is 3.08. The lowest BCUT2D eigenvalue weighted by Gasteiger charge is -2.35. The van der Waals surface area contributed by atoms with Crippen molar-refractivity contribution in [1.82, 2.24) is 20.1 Å². The van der Waals surface area contributed by atoms with Crippen LogP contribution in [0.2, 0.25) is 5.02 Å². The Hall–Kier alpha value is -1.98. The van der Waals surface area contributed by atoms with Gasteiger partial charge >= 0.3 is 0 Å². The van der Waals surface area contributed by atoms with E-state index in [4.69, 9.17) is 20.9 Å². The fraction of sp³-hybridized carbons (Fsp3) is 0.500. The summed E-state index contributed by atoms with van der Waals surface area (Å²) in [5.41, 5.74) is 1.25. The quantitative estimate of drug-likeness (QED) is 0.604. The molecule has 0 radical (unpaired) electrons. The van der Waals surface area contributed by atoms with Crippen molar-refractivity contribution >= 4 is 27.5 Å². The zero-order chi connectivity index (χ0) is 22.6. The van der Waals surface area contributed by atoms with Crippen LogP contribution < -0.4 is 10.0 Å². The first-order chi connectivity index (χ1) is 14.7.